The highest BCUT2D eigenvalue weighted by atomic mass is 32.1. The summed E-state index contributed by atoms with van der Waals surface area (Å²) >= 11 is 4.38. The minimum absolute atomic E-state index is 0.0368. The Morgan fingerprint density at radius 2 is 1.26 bits per heavy atom. The molecule has 0 aliphatic rings. The summed E-state index contributed by atoms with van der Waals surface area (Å²) in [4.78, 5) is 3.45. The van der Waals surface area contributed by atoms with E-state index in [1.54, 1.807) is 24.3 Å². The molecule has 0 amide bonds. The van der Waals surface area contributed by atoms with Gasteiger partial charge in [0.05, 0.1) is 10.7 Å². The van der Waals surface area contributed by atoms with E-state index in [1.165, 1.54) is 12.1 Å². The van der Waals surface area contributed by atoms with Crippen LogP contribution < -0.4 is 0 Å². The summed E-state index contributed by atoms with van der Waals surface area (Å²) in [5.74, 6) is -1.42. The van der Waals surface area contributed by atoms with Crippen LogP contribution in [0.25, 0.3) is 22.3 Å². The van der Waals surface area contributed by atoms with Crippen molar-refractivity contribution < 1.29 is 22.0 Å². The van der Waals surface area contributed by atoms with Gasteiger partial charge in [-0.15, -0.1) is 0 Å². The normalized spacial score (nSPS) is 11.1. The summed E-state index contributed by atoms with van der Waals surface area (Å²) in [6, 6.07) is 13.0. The molecule has 3 aromatic rings. The number of rotatable bonds is 3. The van der Waals surface area contributed by atoms with Crippen molar-refractivity contribution in [3.63, 3.8) is 0 Å². The van der Waals surface area contributed by atoms with Gasteiger partial charge >= 0.3 is 6.18 Å². The van der Waals surface area contributed by atoms with Crippen LogP contribution in [0.15, 0.2) is 65.7 Å². The molecule has 0 aliphatic carbocycles. The molecule has 0 fully saturated rings. The van der Waals surface area contributed by atoms with Crippen LogP contribution >= 0.6 is 12.2 Å². The molecule has 3 rings (SSSR count). The minimum atomic E-state index is -4.40. The lowest BCUT2D eigenvalue weighted by Gasteiger charge is -2.09. The van der Waals surface area contributed by atoms with Gasteiger partial charge in [-0.3, -0.25) is 0 Å². The molecule has 0 N–H and O–H groups in total. The number of thiocarbonyl (C=S) groups is 1. The van der Waals surface area contributed by atoms with Gasteiger partial charge in [0.25, 0.3) is 0 Å². The molecule has 0 aromatic heterocycles. The number of alkyl halides is 3. The Bertz CT molecular complexity index is 1020. The first-order valence-electron chi connectivity index (χ1n) is 7.64. The van der Waals surface area contributed by atoms with Gasteiger partial charge < -0.3 is 0 Å². The highest BCUT2D eigenvalue weighted by Crippen LogP contribution is 2.33. The monoisotopic (exact) mass is 391 g/mol. The quantitative estimate of drug-likeness (QED) is 0.265. The van der Waals surface area contributed by atoms with Crippen LogP contribution in [0.1, 0.15) is 5.56 Å². The van der Waals surface area contributed by atoms with E-state index in [4.69, 9.17) is 0 Å². The molecule has 0 radical (unpaired) electrons. The lowest BCUT2D eigenvalue weighted by molar-refractivity contribution is -0.137. The summed E-state index contributed by atoms with van der Waals surface area (Å²) in [6.07, 6.45) is -4.40. The first-order valence-corrected chi connectivity index (χ1v) is 8.05. The Morgan fingerprint density at radius 3 is 1.78 bits per heavy atom. The molecule has 0 unspecified atom stereocenters. The number of hydrogen-bond acceptors (Lipinski definition) is 2. The Morgan fingerprint density at radius 1 is 0.741 bits per heavy atom. The highest BCUT2D eigenvalue weighted by molar-refractivity contribution is 7.78. The molecule has 7 heteroatoms. The van der Waals surface area contributed by atoms with Gasteiger partial charge in [0, 0.05) is 11.6 Å². The first kappa shape index (κ1) is 18.9. The zero-order chi connectivity index (χ0) is 19.6. The highest BCUT2D eigenvalue weighted by Gasteiger charge is 2.29. The van der Waals surface area contributed by atoms with Crippen molar-refractivity contribution in [3.05, 3.63) is 77.9 Å². The van der Waals surface area contributed by atoms with Crippen LogP contribution in [0, 0.1) is 11.6 Å². The van der Waals surface area contributed by atoms with Crippen LogP contribution in [-0.4, -0.2) is 5.16 Å². The van der Waals surface area contributed by atoms with E-state index >= 15 is 0 Å². The standard InChI is InChI=1S/C20H10F5NS/c21-17-10-19(26-11-27)18(22)9-16(17)14-3-1-12(2-4-14)13-5-7-15(8-6-13)20(23,24)25/h1-10H. The molecule has 27 heavy (non-hydrogen) atoms. The van der Waals surface area contributed by atoms with E-state index in [-0.39, 0.29) is 11.3 Å². The lowest BCUT2D eigenvalue weighted by Crippen LogP contribution is -2.03. The molecule has 3 aromatic carbocycles. The molecule has 0 spiro atoms. The van der Waals surface area contributed by atoms with E-state index in [9.17, 15) is 22.0 Å². The van der Waals surface area contributed by atoms with E-state index in [1.807, 2.05) is 5.16 Å². The van der Waals surface area contributed by atoms with Gasteiger partial charge in [-0.2, -0.15) is 18.2 Å². The summed E-state index contributed by atoms with van der Waals surface area (Å²) in [6.45, 7) is 0. The van der Waals surface area contributed by atoms with Gasteiger partial charge in [-0.05, 0) is 47.1 Å². The summed E-state index contributed by atoms with van der Waals surface area (Å²) in [5.41, 5.74) is 0.698. The fraction of sp³-hybridized carbons (Fsp3) is 0.0500. The van der Waals surface area contributed by atoms with Crippen molar-refractivity contribution >= 4 is 23.1 Å². The number of isothiocyanates is 1. The van der Waals surface area contributed by atoms with Crippen molar-refractivity contribution in [2.45, 2.75) is 6.18 Å². The van der Waals surface area contributed by atoms with Gasteiger partial charge in [0.1, 0.15) is 17.3 Å². The molecule has 136 valence electrons. The third kappa shape index (κ3) is 4.10. The van der Waals surface area contributed by atoms with Gasteiger partial charge in [0.2, 0.25) is 0 Å². The average molecular weight is 391 g/mol. The fourth-order valence-electron chi connectivity index (χ4n) is 2.59. The van der Waals surface area contributed by atoms with Crippen molar-refractivity contribution in [1.82, 2.24) is 0 Å². The van der Waals surface area contributed by atoms with Crippen LogP contribution in [-0.2, 0) is 6.18 Å². The molecule has 0 aliphatic heterocycles. The maximum atomic E-state index is 14.2. The number of hydrogen-bond donors (Lipinski definition) is 0. The Balaban J connectivity index is 1.92. The Kier molecular flexibility index (Phi) is 5.17. The van der Waals surface area contributed by atoms with E-state index in [2.05, 4.69) is 17.2 Å². The molecule has 0 saturated carbocycles. The minimum Gasteiger partial charge on any atom is -0.206 e. The summed E-state index contributed by atoms with van der Waals surface area (Å²) in [7, 11) is 0. The van der Waals surface area contributed by atoms with Crippen molar-refractivity contribution in [1.29, 1.82) is 0 Å². The first-order chi connectivity index (χ1) is 12.8. The predicted octanol–water partition coefficient (Wildman–Crippen LogP) is 7.05. The number of halogens is 5. The number of aliphatic imine (C=N–C) groups is 1. The third-order valence-electron chi connectivity index (χ3n) is 3.94. The van der Waals surface area contributed by atoms with E-state index in [0.29, 0.717) is 16.7 Å². The maximum Gasteiger partial charge on any atom is 0.416 e. The van der Waals surface area contributed by atoms with Crippen LogP contribution in [0.3, 0.4) is 0 Å². The molecular formula is C20H10F5NS. The third-order valence-corrected chi connectivity index (χ3v) is 4.04. The molecule has 1 nitrogen and oxygen atoms in total. The zero-order valence-electron chi connectivity index (χ0n) is 13.5. The largest absolute Gasteiger partial charge is 0.416 e. The molecule has 0 bridgehead atoms. The van der Waals surface area contributed by atoms with E-state index in [0.717, 1.165) is 24.3 Å². The Labute approximate surface area is 156 Å². The second-order valence-electron chi connectivity index (χ2n) is 5.64. The summed E-state index contributed by atoms with van der Waals surface area (Å²) < 4.78 is 66.0. The topological polar surface area (TPSA) is 12.4 Å². The summed E-state index contributed by atoms with van der Waals surface area (Å²) in [5, 5.41) is 1.98. The Hall–Kier alpha value is -2.89. The fourth-order valence-corrected chi connectivity index (χ4v) is 2.68. The number of nitrogens with zero attached hydrogens (tertiary/aromatic N) is 1. The van der Waals surface area contributed by atoms with Crippen molar-refractivity contribution in [2.24, 2.45) is 4.99 Å². The van der Waals surface area contributed by atoms with E-state index < -0.39 is 23.4 Å². The van der Waals surface area contributed by atoms with Gasteiger partial charge in [-0.25, -0.2) is 8.78 Å². The number of benzene rings is 3. The second-order valence-corrected chi connectivity index (χ2v) is 5.82. The molecular weight excluding hydrogens is 381 g/mol. The molecule has 0 atom stereocenters. The lowest BCUT2D eigenvalue weighted by atomic mass is 9.99. The molecule has 0 heterocycles. The van der Waals surface area contributed by atoms with Crippen LogP contribution in [0.5, 0.6) is 0 Å². The van der Waals surface area contributed by atoms with Crippen molar-refractivity contribution in [2.75, 3.05) is 0 Å². The van der Waals surface area contributed by atoms with Crippen molar-refractivity contribution in [3.8, 4) is 22.3 Å². The molecule has 0 saturated heterocycles. The van der Waals surface area contributed by atoms with Crippen LogP contribution in [0.2, 0.25) is 0 Å². The zero-order valence-corrected chi connectivity index (χ0v) is 14.3. The van der Waals surface area contributed by atoms with Gasteiger partial charge in [-0.1, -0.05) is 36.4 Å². The van der Waals surface area contributed by atoms with Crippen LogP contribution in [0.4, 0.5) is 27.6 Å². The SMILES string of the molecule is Fc1cc(-c2ccc(-c3ccc(C(F)(F)F)cc3)cc2)c(F)cc1N=C=S. The maximum absolute atomic E-state index is 14.2. The van der Waals surface area contributed by atoms with Gasteiger partial charge in [0.15, 0.2) is 0 Å². The second kappa shape index (κ2) is 7.39. The average Bonchev–Trinajstić information content (AvgIpc) is 2.64. The predicted molar refractivity (Wildman–Crippen MR) is 96.9 cm³/mol. The smallest absolute Gasteiger partial charge is 0.206 e.